The number of amides is 2. The van der Waals surface area contributed by atoms with Crippen molar-refractivity contribution in [1.29, 1.82) is 0 Å². The Hall–Kier alpha value is -2.27. The molecule has 6 heteroatoms. The number of benzene rings is 1. The summed E-state index contributed by atoms with van der Waals surface area (Å²) in [4.78, 5) is 28.0. The summed E-state index contributed by atoms with van der Waals surface area (Å²) in [7, 11) is 0. The number of nitrogens with zero attached hydrogens (tertiary/aromatic N) is 2. The summed E-state index contributed by atoms with van der Waals surface area (Å²) in [5.41, 5.74) is 1.84. The average Bonchev–Trinajstić information content (AvgIpc) is 3.13. The van der Waals surface area contributed by atoms with Crippen molar-refractivity contribution in [2.45, 2.75) is 70.1 Å². The first-order valence-corrected chi connectivity index (χ1v) is 11.0. The van der Waals surface area contributed by atoms with E-state index in [9.17, 15) is 9.59 Å². The van der Waals surface area contributed by atoms with Crippen molar-refractivity contribution in [3.05, 3.63) is 58.9 Å². The fourth-order valence-corrected chi connectivity index (χ4v) is 4.61. The predicted molar refractivity (Wildman–Crippen MR) is 113 cm³/mol. The third kappa shape index (κ3) is 4.67. The molecule has 1 fully saturated rings. The first-order chi connectivity index (χ1) is 14.1. The fourth-order valence-electron chi connectivity index (χ4n) is 4.48. The number of carbonyl (C=O) groups is 2. The van der Waals surface area contributed by atoms with Crippen molar-refractivity contribution in [1.82, 2.24) is 14.8 Å². The quantitative estimate of drug-likeness (QED) is 0.804. The van der Waals surface area contributed by atoms with Crippen LogP contribution in [0.15, 0.2) is 42.6 Å². The minimum absolute atomic E-state index is 0.0403. The molecule has 1 atom stereocenters. The van der Waals surface area contributed by atoms with E-state index in [1.165, 1.54) is 19.3 Å². The summed E-state index contributed by atoms with van der Waals surface area (Å²) in [5, 5.41) is 3.92. The number of halogens is 1. The molecule has 1 N–H and O–H groups in total. The van der Waals surface area contributed by atoms with Gasteiger partial charge in [-0.15, -0.1) is 0 Å². The molecule has 2 aromatic rings. The zero-order valence-electron chi connectivity index (χ0n) is 16.6. The van der Waals surface area contributed by atoms with Gasteiger partial charge in [-0.25, -0.2) is 0 Å². The van der Waals surface area contributed by atoms with Crippen LogP contribution < -0.4 is 5.32 Å². The van der Waals surface area contributed by atoms with Gasteiger partial charge in [0.1, 0.15) is 6.54 Å². The fraction of sp³-hybridized carbons (Fsp3) is 0.478. The number of hydrogen-bond acceptors (Lipinski definition) is 2. The van der Waals surface area contributed by atoms with Crippen LogP contribution in [0.25, 0.3) is 0 Å². The average molecular weight is 414 g/mol. The zero-order chi connectivity index (χ0) is 20.2. The maximum absolute atomic E-state index is 13.4. The summed E-state index contributed by atoms with van der Waals surface area (Å²) in [5.74, 6) is -0.112. The van der Waals surface area contributed by atoms with Gasteiger partial charge in [0.15, 0.2) is 6.04 Å². The lowest BCUT2D eigenvalue weighted by Crippen LogP contribution is -2.50. The third-order valence-electron chi connectivity index (χ3n) is 6.05. The van der Waals surface area contributed by atoms with Gasteiger partial charge in [-0.05, 0) is 42.7 Å². The summed E-state index contributed by atoms with van der Waals surface area (Å²) in [6.07, 6.45) is 9.98. The van der Waals surface area contributed by atoms with Crippen LogP contribution in [0, 0.1) is 0 Å². The molecule has 29 heavy (non-hydrogen) atoms. The summed E-state index contributed by atoms with van der Waals surface area (Å²) in [6, 6.07) is 10.9. The van der Waals surface area contributed by atoms with Gasteiger partial charge in [-0.2, -0.15) is 0 Å². The van der Waals surface area contributed by atoms with Crippen LogP contribution >= 0.6 is 11.6 Å². The van der Waals surface area contributed by atoms with Gasteiger partial charge in [0.2, 0.25) is 11.8 Å². The largest absolute Gasteiger partial charge is 0.351 e. The normalized spacial score (nSPS) is 20.7. The van der Waals surface area contributed by atoms with E-state index in [-0.39, 0.29) is 24.4 Å². The Bertz CT molecular complexity index is 853. The Morgan fingerprint density at radius 2 is 1.72 bits per heavy atom. The second-order valence-corrected chi connectivity index (χ2v) is 8.60. The molecule has 0 radical (unpaired) electrons. The van der Waals surface area contributed by atoms with E-state index < -0.39 is 6.04 Å². The molecule has 1 aliphatic heterocycles. The van der Waals surface area contributed by atoms with Crippen molar-refractivity contribution in [2.75, 3.05) is 0 Å². The highest BCUT2D eigenvalue weighted by atomic mass is 35.5. The van der Waals surface area contributed by atoms with Crippen LogP contribution in [0.5, 0.6) is 0 Å². The number of nitrogens with one attached hydrogen (secondary N) is 1. The van der Waals surface area contributed by atoms with E-state index >= 15 is 0 Å². The number of aromatic nitrogens is 1. The predicted octanol–water partition coefficient (Wildman–Crippen LogP) is 4.45. The molecule has 1 aromatic heterocycles. The van der Waals surface area contributed by atoms with E-state index in [0.717, 1.165) is 36.9 Å². The van der Waals surface area contributed by atoms with Gasteiger partial charge >= 0.3 is 0 Å². The van der Waals surface area contributed by atoms with Crippen molar-refractivity contribution in [3.8, 4) is 0 Å². The Kier molecular flexibility index (Phi) is 6.24. The SMILES string of the molecule is O=C(NC1CCCCCCC1)C1c2cccn2CC(=O)N1Cc1ccc(Cl)cc1. The van der Waals surface area contributed by atoms with Crippen molar-refractivity contribution in [2.24, 2.45) is 0 Å². The molecule has 0 bridgehead atoms. The molecule has 2 heterocycles. The highest BCUT2D eigenvalue weighted by molar-refractivity contribution is 6.30. The Balaban J connectivity index is 1.56. The van der Waals surface area contributed by atoms with E-state index in [1.807, 2.05) is 47.2 Å². The molecule has 0 saturated heterocycles. The maximum atomic E-state index is 13.4. The molecule has 154 valence electrons. The second-order valence-electron chi connectivity index (χ2n) is 8.16. The van der Waals surface area contributed by atoms with Gasteiger partial charge in [0, 0.05) is 23.8 Å². The molecule has 4 rings (SSSR count). The lowest BCUT2D eigenvalue weighted by molar-refractivity contribution is -0.144. The summed E-state index contributed by atoms with van der Waals surface area (Å²) >= 11 is 6.00. The zero-order valence-corrected chi connectivity index (χ0v) is 17.4. The Morgan fingerprint density at radius 1 is 1.03 bits per heavy atom. The lowest BCUT2D eigenvalue weighted by Gasteiger charge is -2.37. The molecule has 5 nitrogen and oxygen atoms in total. The molecular weight excluding hydrogens is 386 g/mol. The van der Waals surface area contributed by atoms with Crippen LogP contribution in [0.2, 0.25) is 5.02 Å². The minimum atomic E-state index is -0.604. The van der Waals surface area contributed by atoms with Crippen LogP contribution in [-0.4, -0.2) is 27.3 Å². The van der Waals surface area contributed by atoms with Gasteiger partial charge in [0.05, 0.1) is 5.69 Å². The number of fused-ring (bicyclic) bond motifs is 1. The maximum Gasteiger partial charge on any atom is 0.249 e. The van der Waals surface area contributed by atoms with Crippen molar-refractivity contribution >= 4 is 23.4 Å². The molecule has 1 aliphatic carbocycles. The number of carbonyl (C=O) groups excluding carboxylic acids is 2. The smallest absolute Gasteiger partial charge is 0.249 e. The monoisotopic (exact) mass is 413 g/mol. The standard InChI is InChI=1S/C23H28ClN3O2/c24-18-12-10-17(11-13-18)15-27-21(28)16-26-14-6-9-20(26)22(27)23(29)25-19-7-4-2-1-3-5-8-19/h6,9-14,19,22H,1-5,7-8,15-16H2,(H,25,29). The van der Waals surface area contributed by atoms with Crippen LogP contribution in [0.1, 0.15) is 62.2 Å². The van der Waals surface area contributed by atoms with Gasteiger partial charge in [0.25, 0.3) is 0 Å². The first kappa shape index (κ1) is 20.0. The lowest BCUT2D eigenvalue weighted by atomic mass is 9.96. The van der Waals surface area contributed by atoms with E-state index in [2.05, 4.69) is 5.32 Å². The number of rotatable bonds is 4. The van der Waals surface area contributed by atoms with E-state index in [4.69, 9.17) is 11.6 Å². The van der Waals surface area contributed by atoms with Crippen LogP contribution in [-0.2, 0) is 22.7 Å². The molecule has 1 unspecified atom stereocenters. The van der Waals surface area contributed by atoms with E-state index in [1.54, 1.807) is 4.90 Å². The molecular formula is C23H28ClN3O2. The van der Waals surface area contributed by atoms with Gasteiger partial charge < -0.3 is 14.8 Å². The molecule has 1 aromatic carbocycles. The van der Waals surface area contributed by atoms with Crippen molar-refractivity contribution in [3.63, 3.8) is 0 Å². The number of hydrogen-bond donors (Lipinski definition) is 1. The topological polar surface area (TPSA) is 54.3 Å². The van der Waals surface area contributed by atoms with Gasteiger partial charge in [-0.3, -0.25) is 9.59 Å². The Labute approximate surface area is 177 Å². The van der Waals surface area contributed by atoms with Crippen LogP contribution in [0.3, 0.4) is 0 Å². The molecule has 1 saturated carbocycles. The van der Waals surface area contributed by atoms with Crippen LogP contribution in [0.4, 0.5) is 0 Å². The highest BCUT2D eigenvalue weighted by Gasteiger charge is 2.38. The van der Waals surface area contributed by atoms with Crippen molar-refractivity contribution < 1.29 is 9.59 Å². The molecule has 2 amide bonds. The van der Waals surface area contributed by atoms with E-state index in [0.29, 0.717) is 11.6 Å². The third-order valence-corrected chi connectivity index (χ3v) is 6.30. The highest BCUT2D eigenvalue weighted by Crippen LogP contribution is 2.30. The summed E-state index contributed by atoms with van der Waals surface area (Å²) < 4.78 is 1.89. The molecule has 0 spiro atoms. The summed E-state index contributed by atoms with van der Waals surface area (Å²) in [6.45, 7) is 0.660. The van der Waals surface area contributed by atoms with Gasteiger partial charge in [-0.1, -0.05) is 55.8 Å². The first-order valence-electron chi connectivity index (χ1n) is 10.6. The Morgan fingerprint density at radius 3 is 2.45 bits per heavy atom. The second kappa shape index (κ2) is 9.04. The minimum Gasteiger partial charge on any atom is -0.351 e. The molecule has 2 aliphatic rings.